The van der Waals surface area contributed by atoms with Gasteiger partial charge in [-0.05, 0) is 101 Å². The summed E-state index contributed by atoms with van der Waals surface area (Å²) in [5.41, 5.74) is 5.19. The molecule has 11 nitrogen and oxygen atoms in total. The van der Waals surface area contributed by atoms with Crippen molar-refractivity contribution in [1.82, 2.24) is 5.32 Å². The highest BCUT2D eigenvalue weighted by Crippen LogP contribution is 2.25. The number of amides is 2. The lowest BCUT2D eigenvalue weighted by molar-refractivity contribution is -0.294. The van der Waals surface area contributed by atoms with Gasteiger partial charge in [-0.2, -0.15) is 11.8 Å². The van der Waals surface area contributed by atoms with E-state index in [4.69, 9.17) is 21.6 Å². The minimum absolute atomic E-state index is 0.104. The highest BCUT2D eigenvalue weighted by Gasteiger charge is 2.44. The zero-order valence-electron chi connectivity index (χ0n) is 36.8. The normalized spacial score (nSPS) is 17.3. The van der Waals surface area contributed by atoms with Crippen LogP contribution in [-0.2, 0) is 19.1 Å². The second-order valence-corrected chi connectivity index (χ2v) is 15.3. The van der Waals surface area contributed by atoms with E-state index < -0.39 is 67.4 Å². The van der Waals surface area contributed by atoms with E-state index in [1.165, 1.54) is 63.1 Å². The molecule has 12 heteroatoms. The lowest BCUT2D eigenvalue weighted by atomic mass is 9.98. The number of aliphatic hydroxyl groups is 5. The summed E-state index contributed by atoms with van der Waals surface area (Å²) in [4.78, 5) is 24.0. The molecule has 0 aromatic carbocycles. The van der Waals surface area contributed by atoms with Crippen molar-refractivity contribution in [3.8, 4) is 143 Å². The second kappa shape index (κ2) is 39.3. The van der Waals surface area contributed by atoms with Crippen molar-refractivity contribution in [2.45, 2.75) is 152 Å². The summed E-state index contributed by atoms with van der Waals surface area (Å²) in [6, 6.07) is -1.17. The van der Waals surface area contributed by atoms with Crippen LogP contribution in [0.5, 0.6) is 0 Å². The highest BCUT2D eigenvalue weighted by molar-refractivity contribution is 7.99. The van der Waals surface area contributed by atoms with Gasteiger partial charge >= 0.3 is 0 Å². The summed E-state index contributed by atoms with van der Waals surface area (Å²) < 4.78 is 11.5. The maximum absolute atomic E-state index is 12.9. The Morgan fingerprint density at radius 2 is 1.11 bits per heavy atom. The van der Waals surface area contributed by atoms with Gasteiger partial charge in [0.15, 0.2) is 6.29 Å². The summed E-state index contributed by atoms with van der Waals surface area (Å²) in [6.45, 7) is 1.78. The molecule has 0 saturated carbocycles. The minimum Gasteiger partial charge on any atom is -0.390 e. The van der Waals surface area contributed by atoms with Crippen molar-refractivity contribution in [2.24, 2.45) is 5.73 Å². The number of nitrogens with two attached hydrogens (primary N) is 1. The Hall–Kier alpha value is -6.27. The molecule has 1 aliphatic heterocycles. The first-order valence-corrected chi connectivity index (χ1v) is 22.5. The molecule has 1 fully saturated rings. The van der Waals surface area contributed by atoms with Crippen LogP contribution in [-0.4, -0.2) is 104 Å². The smallest absolute Gasteiger partial charge is 0.232 e. The van der Waals surface area contributed by atoms with Crippen LogP contribution < -0.4 is 11.1 Å². The number of rotatable bonds is 25. The van der Waals surface area contributed by atoms with E-state index in [1.807, 2.05) is 0 Å². The number of nitrogens with one attached hydrogen (secondary N) is 1. The molecule has 338 valence electrons. The van der Waals surface area contributed by atoms with Gasteiger partial charge in [0.1, 0.15) is 24.4 Å². The molecule has 0 bridgehead atoms. The highest BCUT2D eigenvalue weighted by atomic mass is 32.2. The third kappa shape index (κ3) is 30.5. The van der Waals surface area contributed by atoms with Crippen LogP contribution in [0.2, 0.25) is 0 Å². The molecule has 0 radical (unpaired) electrons. The molecule has 8 N–H and O–H groups in total. The fraction of sp³-hybridized carbons (Fsp3) is 0.509. The number of carbonyl (C=O) groups excluding carboxylic acids is 2. The Morgan fingerprint density at radius 3 is 1.57 bits per heavy atom. The zero-order chi connectivity index (χ0) is 47.6. The van der Waals surface area contributed by atoms with Gasteiger partial charge in [0.05, 0.1) is 31.3 Å². The first-order chi connectivity index (χ1) is 31.6. The Morgan fingerprint density at radius 1 is 0.662 bits per heavy atom. The van der Waals surface area contributed by atoms with E-state index in [-0.39, 0.29) is 25.0 Å². The van der Waals surface area contributed by atoms with E-state index in [1.54, 1.807) is 0 Å². The van der Waals surface area contributed by atoms with Crippen molar-refractivity contribution < 1.29 is 44.6 Å². The zero-order valence-corrected chi connectivity index (χ0v) is 37.6. The standard InChI is InChI=1S/C53H56N2O9S/c1-3-5-7-9-11-13-15-17-18-19-20-21-22-23-24-25-26-27-29-31-33-35-37-39-48(58)55-44(49(59)45(56)38-36-34-32-30-28-16-14-12-10-8-6-4-2)42-63-53-52(62)51(61)50(60)46(64-53)43-65-41-40-47(54)57/h1,44-46,49-53,56,59-62H,4,6,8,10,12,14,16,28,30,32,34,36,38-43H2,2H3,(H2,54,57)(H,55,58)/t44-,45+,46?,49-,50-,51?,52-,53-/m0/s1. The number of hydrogen-bond donors (Lipinski definition) is 7. The van der Waals surface area contributed by atoms with E-state index >= 15 is 0 Å². The van der Waals surface area contributed by atoms with Crippen LogP contribution in [0.25, 0.3) is 0 Å². The number of thioether (sulfide) groups is 1. The van der Waals surface area contributed by atoms with Crippen LogP contribution >= 0.6 is 11.8 Å². The summed E-state index contributed by atoms with van der Waals surface area (Å²) in [5.74, 6) is 56.0. The lowest BCUT2D eigenvalue weighted by Gasteiger charge is -2.41. The molecule has 1 saturated heterocycles. The molecular weight excluding hydrogens is 841 g/mol. The van der Waals surface area contributed by atoms with Crippen molar-refractivity contribution in [3.63, 3.8) is 0 Å². The molecular formula is C53H56N2O9S. The first kappa shape index (κ1) is 56.7. The number of ether oxygens (including phenoxy) is 2. The average Bonchev–Trinajstić information content (AvgIpc) is 3.29. The first-order valence-electron chi connectivity index (χ1n) is 21.4. The van der Waals surface area contributed by atoms with E-state index in [0.717, 1.165) is 19.3 Å². The largest absolute Gasteiger partial charge is 0.390 e. The molecule has 2 amide bonds. The minimum atomic E-state index is -1.67. The lowest BCUT2D eigenvalue weighted by Crippen LogP contribution is -2.60. The number of terminal acetylenes is 1. The fourth-order valence-corrected chi connectivity index (χ4v) is 6.70. The van der Waals surface area contributed by atoms with Crippen molar-refractivity contribution in [2.75, 3.05) is 18.1 Å². The maximum atomic E-state index is 12.9. The van der Waals surface area contributed by atoms with Crippen LogP contribution in [0, 0.1) is 143 Å². The summed E-state index contributed by atoms with van der Waals surface area (Å²) in [5, 5.41) is 56.4. The quantitative estimate of drug-likeness (QED) is 0.0526. The molecule has 65 heavy (non-hydrogen) atoms. The molecule has 0 aromatic heterocycles. The SMILES string of the molecule is C#CC#CC#CC#CC#CC#CC#CC#CC#CC#CC#CC#CCC(=O)N[C@@H](CO[C@H]1OC(CSCCC(N)=O)[C@H](O)C(O)[C@@H]1O)[C@H](O)[C@H](O)CCCCCCCCCCCCCC. The molecule has 0 spiro atoms. The monoisotopic (exact) mass is 896 g/mol. The molecule has 0 aromatic rings. The summed E-state index contributed by atoms with van der Waals surface area (Å²) in [6.07, 6.45) is 8.87. The van der Waals surface area contributed by atoms with Gasteiger partial charge in [0, 0.05) is 53.4 Å². The fourth-order valence-electron chi connectivity index (χ4n) is 5.68. The molecule has 1 heterocycles. The Kier molecular flexibility index (Phi) is 34.3. The summed E-state index contributed by atoms with van der Waals surface area (Å²) >= 11 is 1.26. The molecule has 2 unspecified atom stereocenters. The molecule has 1 aliphatic rings. The van der Waals surface area contributed by atoms with Gasteiger partial charge < -0.3 is 46.1 Å². The van der Waals surface area contributed by atoms with E-state index in [2.05, 4.69) is 148 Å². The van der Waals surface area contributed by atoms with Crippen molar-refractivity contribution >= 4 is 23.6 Å². The summed E-state index contributed by atoms with van der Waals surface area (Å²) in [7, 11) is 0. The predicted octanol–water partition coefficient (Wildman–Crippen LogP) is 1.78. The van der Waals surface area contributed by atoms with Gasteiger partial charge in [-0.1, -0.05) is 89.9 Å². The maximum Gasteiger partial charge on any atom is 0.232 e. The van der Waals surface area contributed by atoms with Gasteiger partial charge in [-0.15, -0.1) is 6.42 Å². The van der Waals surface area contributed by atoms with E-state index in [9.17, 15) is 35.1 Å². The molecule has 1 rings (SSSR count). The Bertz CT molecular complexity index is 2280. The van der Waals surface area contributed by atoms with Crippen LogP contribution in [0.1, 0.15) is 103 Å². The Balaban J connectivity index is 2.81. The van der Waals surface area contributed by atoms with Crippen LogP contribution in [0.4, 0.5) is 0 Å². The number of primary amides is 1. The third-order valence-electron chi connectivity index (χ3n) is 9.05. The van der Waals surface area contributed by atoms with E-state index in [0.29, 0.717) is 12.2 Å². The van der Waals surface area contributed by atoms with Crippen molar-refractivity contribution in [1.29, 1.82) is 0 Å². The Labute approximate surface area is 390 Å². The van der Waals surface area contributed by atoms with Crippen molar-refractivity contribution in [3.05, 3.63) is 0 Å². The topological polar surface area (TPSA) is 192 Å². The second-order valence-electron chi connectivity index (χ2n) is 14.2. The van der Waals surface area contributed by atoms with Crippen LogP contribution in [0.3, 0.4) is 0 Å². The molecule has 0 aliphatic carbocycles. The number of carbonyl (C=O) groups is 2. The average molecular weight is 897 g/mol. The van der Waals surface area contributed by atoms with Gasteiger partial charge in [-0.25, -0.2) is 0 Å². The third-order valence-corrected chi connectivity index (χ3v) is 10.1. The molecule has 8 atom stereocenters. The van der Waals surface area contributed by atoms with Gasteiger partial charge in [-0.3, -0.25) is 9.59 Å². The van der Waals surface area contributed by atoms with Crippen LogP contribution in [0.15, 0.2) is 0 Å². The number of unbranched alkanes of at least 4 members (excludes halogenated alkanes) is 11. The number of aliphatic hydroxyl groups excluding tert-OH is 5. The van der Waals surface area contributed by atoms with Gasteiger partial charge in [0.25, 0.3) is 0 Å². The van der Waals surface area contributed by atoms with Gasteiger partial charge in [0.2, 0.25) is 11.8 Å². The predicted molar refractivity (Wildman–Crippen MR) is 252 cm³/mol. The number of hydrogen-bond acceptors (Lipinski definition) is 10.